The number of benzene rings is 2. The number of carbonyl (C=O) groups is 1. The van der Waals surface area contributed by atoms with E-state index in [2.05, 4.69) is 34.7 Å². The first-order valence-electron chi connectivity index (χ1n) is 16.7. The van der Waals surface area contributed by atoms with Gasteiger partial charge in [0.25, 0.3) is 0 Å². The fraction of sp³-hybridized carbons (Fsp3) is 0.471. The van der Waals surface area contributed by atoms with Crippen LogP contribution in [-0.4, -0.2) is 123 Å². The van der Waals surface area contributed by atoms with Crippen molar-refractivity contribution in [2.75, 3.05) is 64.6 Å². The third-order valence-electron chi connectivity index (χ3n) is 9.96. The second kappa shape index (κ2) is 13.9. The Bertz CT molecular complexity index is 1730. The second-order valence-corrected chi connectivity index (χ2v) is 13.3. The molecule has 0 unspecified atom stereocenters. The molecule has 8 rings (SSSR count). The van der Waals surface area contributed by atoms with Gasteiger partial charge in [-0.05, 0) is 55.2 Å². The van der Waals surface area contributed by atoms with E-state index < -0.39 is 12.1 Å². The number of nitrogen functional groups attached to an aromatic ring is 1. The molecule has 0 radical (unpaired) electrons. The van der Waals surface area contributed by atoms with E-state index in [0.717, 1.165) is 71.7 Å². The largest absolute Gasteiger partial charge is 0.490 e. The number of nitrogens with one attached hydrogen (secondary N) is 1. The first kappa shape index (κ1) is 33.2. The lowest BCUT2D eigenvalue weighted by Gasteiger charge is -2.55. The summed E-state index contributed by atoms with van der Waals surface area (Å²) in [5.41, 5.74) is 9.03. The molecule has 2 aromatic heterocycles. The number of hydrogen-bond acceptors (Lipinski definition) is 10. The van der Waals surface area contributed by atoms with Crippen LogP contribution in [0.3, 0.4) is 0 Å². The highest BCUT2D eigenvalue weighted by Crippen LogP contribution is 2.36. The van der Waals surface area contributed by atoms with Gasteiger partial charge < -0.3 is 20.9 Å². The van der Waals surface area contributed by atoms with Gasteiger partial charge in [0.2, 0.25) is 0 Å². The fourth-order valence-corrected chi connectivity index (χ4v) is 7.04. The Balaban J connectivity index is 0.000000491. The lowest BCUT2D eigenvalue weighted by atomic mass is 9.94. The lowest BCUT2D eigenvalue weighted by molar-refractivity contribution is -0.192. The molecule has 15 heteroatoms. The van der Waals surface area contributed by atoms with E-state index in [4.69, 9.17) is 25.5 Å². The van der Waals surface area contributed by atoms with Crippen molar-refractivity contribution in [3.8, 4) is 22.8 Å². The summed E-state index contributed by atoms with van der Waals surface area (Å²) in [7, 11) is 0. The number of nitrogens with zero attached hydrogens (tertiary/aromatic N) is 7. The summed E-state index contributed by atoms with van der Waals surface area (Å²) in [4.78, 5) is 25.9. The highest BCUT2D eigenvalue weighted by Gasteiger charge is 2.42. The van der Waals surface area contributed by atoms with E-state index in [0.29, 0.717) is 17.9 Å². The van der Waals surface area contributed by atoms with Gasteiger partial charge in [-0.25, -0.2) is 19.4 Å². The molecule has 0 bridgehead atoms. The minimum Gasteiger partial charge on any atom is -0.475 e. The van der Waals surface area contributed by atoms with Crippen LogP contribution < -0.4 is 15.8 Å². The first-order chi connectivity index (χ1) is 23.6. The molecule has 4 aliphatic heterocycles. The van der Waals surface area contributed by atoms with Crippen molar-refractivity contribution >= 4 is 22.8 Å². The number of ether oxygens (including phenoxy) is 1. The molecule has 4 aromatic rings. The van der Waals surface area contributed by atoms with E-state index in [1.807, 2.05) is 54.6 Å². The Morgan fingerprint density at radius 2 is 1.53 bits per heavy atom. The van der Waals surface area contributed by atoms with Gasteiger partial charge in [-0.1, -0.05) is 18.2 Å². The zero-order chi connectivity index (χ0) is 34.1. The number of halogens is 3. The number of aromatic nitrogens is 4. The number of carboxylic acids is 1. The van der Waals surface area contributed by atoms with Crippen LogP contribution in [0.1, 0.15) is 18.9 Å². The molecule has 4 saturated heterocycles. The van der Waals surface area contributed by atoms with Crippen LogP contribution in [0, 0.1) is 5.92 Å². The minimum atomic E-state index is -5.08. The smallest absolute Gasteiger partial charge is 0.475 e. The van der Waals surface area contributed by atoms with Crippen molar-refractivity contribution in [3.05, 3.63) is 60.9 Å². The molecule has 49 heavy (non-hydrogen) atoms. The maximum absolute atomic E-state index is 10.6. The summed E-state index contributed by atoms with van der Waals surface area (Å²) in [6.45, 7) is 10.8. The van der Waals surface area contributed by atoms with Gasteiger partial charge in [0.05, 0.1) is 11.4 Å². The number of para-hydroxylation sites is 1. The summed E-state index contributed by atoms with van der Waals surface area (Å²) < 4.78 is 39.8. The number of fused-ring (bicyclic) bond motifs is 1. The Hall–Kier alpha value is -4.31. The van der Waals surface area contributed by atoms with Crippen LogP contribution >= 0.6 is 0 Å². The summed E-state index contributed by atoms with van der Waals surface area (Å²) in [6, 6.07) is 19.6. The van der Waals surface area contributed by atoms with Gasteiger partial charge in [-0.15, -0.1) is 0 Å². The zero-order valence-corrected chi connectivity index (χ0v) is 27.0. The fourth-order valence-electron chi connectivity index (χ4n) is 7.04. The third kappa shape index (κ3) is 7.34. The molecule has 0 spiro atoms. The maximum atomic E-state index is 10.6. The Labute approximate surface area is 281 Å². The van der Waals surface area contributed by atoms with E-state index >= 15 is 0 Å². The monoisotopic (exact) mass is 679 g/mol. The molecule has 12 nitrogen and oxygen atoms in total. The van der Waals surface area contributed by atoms with E-state index in [1.54, 1.807) is 6.33 Å². The zero-order valence-electron chi connectivity index (χ0n) is 27.0. The molecule has 4 fully saturated rings. The van der Waals surface area contributed by atoms with Crippen molar-refractivity contribution in [1.82, 2.24) is 39.8 Å². The molecule has 4 aliphatic rings. The highest BCUT2D eigenvalue weighted by atomic mass is 19.4. The van der Waals surface area contributed by atoms with Gasteiger partial charge in [-0.3, -0.25) is 14.7 Å². The first-order valence-corrected chi connectivity index (χ1v) is 16.7. The van der Waals surface area contributed by atoms with Crippen molar-refractivity contribution < 1.29 is 27.8 Å². The molecule has 4 N–H and O–H groups in total. The summed E-state index contributed by atoms with van der Waals surface area (Å²) >= 11 is 0. The van der Waals surface area contributed by atoms with Crippen molar-refractivity contribution in [1.29, 1.82) is 0 Å². The third-order valence-corrected chi connectivity index (χ3v) is 9.96. The average Bonchev–Trinajstić information content (AvgIpc) is 3.42. The number of hydrogen-bond donors (Lipinski definition) is 3. The van der Waals surface area contributed by atoms with Gasteiger partial charge in [0, 0.05) is 76.5 Å². The molecule has 0 aliphatic carbocycles. The average molecular weight is 680 g/mol. The predicted molar refractivity (Wildman–Crippen MR) is 177 cm³/mol. The van der Waals surface area contributed by atoms with E-state index in [-0.39, 0.29) is 0 Å². The molecular weight excluding hydrogens is 639 g/mol. The molecular formula is C34H40F3N9O3. The van der Waals surface area contributed by atoms with Crippen LogP contribution in [0.15, 0.2) is 60.9 Å². The van der Waals surface area contributed by atoms with Gasteiger partial charge >= 0.3 is 12.1 Å². The summed E-state index contributed by atoms with van der Waals surface area (Å²) in [6.07, 6.45) is -1.40. The molecule has 0 saturated carbocycles. The van der Waals surface area contributed by atoms with Crippen LogP contribution in [0.2, 0.25) is 0 Å². The standard InChI is InChI=1S/C32H39N9O.C2HF3O2/c33-31-29-30(23-6-8-28(9-7-23)42-27-4-2-1-3-5-27)37-41(32(29)36-21-35-31)24-10-12-39(13-11-24)26-19-40(20-26)25-17-38(18-25)16-22-14-34-15-22;3-2(4,5)1(6)7/h1-9,21-22,24-26,34H,10-20H2,(H2,33,35,36);(H,6,7). The number of anilines is 1. The number of piperidine rings is 1. The molecule has 6 heterocycles. The topological polar surface area (TPSA) is 138 Å². The number of nitrogens with two attached hydrogens (primary N) is 1. The Kier molecular flexibility index (Phi) is 9.42. The Morgan fingerprint density at radius 3 is 2.14 bits per heavy atom. The van der Waals surface area contributed by atoms with Gasteiger partial charge in [0.15, 0.2) is 5.65 Å². The highest BCUT2D eigenvalue weighted by molar-refractivity contribution is 5.98. The van der Waals surface area contributed by atoms with Crippen LogP contribution in [0.25, 0.3) is 22.3 Å². The molecule has 260 valence electrons. The maximum Gasteiger partial charge on any atom is 0.490 e. The summed E-state index contributed by atoms with van der Waals surface area (Å²) in [5, 5.41) is 16.5. The van der Waals surface area contributed by atoms with E-state index in [1.165, 1.54) is 45.8 Å². The van der Waals surface area contributed by atoms with Crippen LogP contribution in [0.4, 0.5) is 19.0 Å². The normalized spacial score (nSPS) is 20.2. The number of aliphatic carboxylic acids is 1. The quantitative estimate of drug-likeness (QED) is 0.251. The Morgan fingerprint density at radius 1 is 0.898 bits per heavy atom. The lowest BCUT2D eigenvalue weighted by Crippen LogP contribution is -2.70. The predicted octanol–water partition coefficient (Wildman–Crippen LogP) is 3.73. The molecule has 2 aromatic carbocycles. The SMILES string of the molecule is Nc1ncnc2c1c(-c1ccc(Oc3ccccc3)cc1)nn2C1CCN(C2CN(C3CN(CC4CNC4)C3)C2)CC1.O=C(O)C(F)(F)F. The van der Waals surface area contributed by atoms with E-state index in [9.17, 15) is 13.2 Å². The van der Waals surface area contributed by atoms with Crippen molar-refractivity contribution in [3.63, 3.8) is 0 Å². The van der Waals surface area contributed by atoms with Gasteiger partial charge in [0.1, 0.15) is 29.3 Å². The number of alkyl halides is 3. The molecule has 0 atom stereocenters. The molecule has 0 amide bonds. The van der Waals surface area contributed by atoms with Crippen molar-refractivity contribution in [2.45, 2.75) is 37.1 Å². The number of likely N-dealkylation sites (tertiary alicyclic amines) is 3. The number of rotatable bonds is 8. The van der Waals surface area contributed by atoms with Crippen LogP contribution in [0.5, 0.6) is 11.5 Å². The minimum absolute atomic E-state index is 0.296. The van der Waals surface area contributed by atoms with Crippen molar-refractivity contribution in [2.24, 2.45) is 5.92 Å². The van der Waals surface area contributed by atoms with Crippen LogP contribution in [-0.2, 0) is 4.79 Å². The number of carboxylic acid groups (broad SMARTS) is 1. The summed E-state index contributed by atoms with van der Waals surface area (Å²) in [5.74, 6) is 0.178. The van der Waals surface area contributed by atoms with Gasteiger partial charge in [-0.2, -0.15) is 18.3 Å². The second-order valence-electron chi connectivity index (χ2n) is 13.3.